The number of amides is 2. The number of sulfonamides is 1. The Labute approximate surface area is 230 Å². The fourth-order valence-electron chi connectivity index (χ4n) is 5.02. The van der Waals surface area contributed by atoms with Crippen LogP contribution in [0.3, 0.4) is 0 Å². The van der Waals surface area contributed by atoms with Crippen LogP contribution in [0.1, 0.15) is 24.0 Å². The number of carbonyl (C=O) groups is 1. The van der Waals surface area contributed by atoms with E-state index in [1.54, 1.807) is 28.9 Å². The molecular weight excluding hydrogens is 566 g/mol. The van der Waals surface area contributed by atoms with Gasteiger partial charge in [0.25, 0.3) is 0 Å². The summed E-state index contributed by atoms with van der Waals surface area (Å²) in [7, 11) is -3.34. The normalized spacial score (nSPS) is 22.0. The Morgan fingerprint density at radius 3 is 2.29 bits per heavy atom. The van der Waals surface area contributed by atoms with Gasteiger partial charge in [0, 0.05) is 51.1 Å². The lowest BCUT2D eigenvalue weighted by Gasteiger charge is -2.35. The van der Waals surface area contributed by atoms with Crippen molar-refractivity contribution in [3.8, 4) is 5.75 Å². The number of benzene rings is 2. The molecule has 2 aromatic rings. The molecule has 2 heterocycles. The summed E-state index contributed by atoms with van der Waals surface area (Å²) in [6.07, 6.45) is -3.90. The van der Waals surface area contributed by atoms with Crippen molar-refractivity contribution in [2.45, 2.75) is 25.1 Å². The van der Waals surface area contributed by atoms with E-state index < -0.39 is 27.9 Å². The van der Waals surface area contributed by atoms with Crippen molar-refractivity contribution in [1.29, 1.82) is 0 Å². The number of halogens is 5. The molecule has 0 spiro atoms. The number of ether oxygens (including phenoxy) is 1. The van der Waals surface area contributed by atoms with Crippen molar-refractivity contribution >= 4 is 39.3 Å². The monoisotopic (exact) mass is 593 g/mol. The average molecular weight is 594 g/mol. The summed E-state index contributed by atoms with van der Waals surface area (Å²) in [4.78, 5) is 16.7. The van der Waals surface area contributed by atoms with Gasteiger partial charge in [0.15, 0.2) is 0 Å². The molecule has 2 amide bonds. The van der Waals surface area contributed by atoms with Gasteiger partial charge in [-0.3, -0.25) is 0 Å². The van der Waals surface area contributed by atoms with E-state index in [9.17, 15) is 26.4 Å². The van der Waals surface area contributed by atoms with Crippen LogP contribution in [0, 0.1) is 5.92 Å². The Hall–Kier alpha value is -2.21. The number of piperazine rings is 1. The van der Waals surface area contributed by atoms with E-state index in [4.69, 9.17) is 27.9 Å². The molecule has 0 bridgehead atoms. The van der Waals surface area contributed by atoms with Crippen molar-refractivity contribution < 1.29 is 31.1 Å². The largest absolute Gasteiger partial charge is 0.490 e. The second-order valence-corrected chi connectivity index (χ2v) is 12.4. The molecule has 3 atom stereocenters. The quantitative estimate of drug-likeness (QED) is 0.478. The molecule has 208 valence electrons. The molecule has 0 aliphatic carbocycles. The maximum absolute atomic E-state index is 13.4. The summed E-state index contributed by atoms with van der Waals surface area (Å²) in [6, 6.07) is 9.71. The molecule has 7 nitrogen and oxygen atoms in total. The fourth-order valence-corrected chi connectivity index (χ4v) is 6.15. The smallest absolute Gasteiger partial charge is 0.416 e. The number of urea groups is 1. The van der Waals surface area contributed by atoms with Crippen LogP contribution < -0.4 is 4.74 Å². The molecule has 2 fully saturated rings. The van der Waals surface area contributed by atoms with Gasteiger partial charge in [0.2, 0.25) is 10.0 Å². The predicted molar refractivity (Wildman–Crippen MR) is 139 cm³/mol. The SMILES string of the molecule is C[C@H](Oc1cccc(C(F)(F)F)c1)[C@@H]1CN(C(=O)N2CCN(S(C)(=O)=O)CC2)C[C@H]1c1ccc(Cl)c(Cl)c1. The molecule has 0 radical (unpaired) electrons. The molecule has 0 aromatic heterocycles. The van der Waals surface area contributed by atoms with Crippen LogP contribution in [0.5, 0.6) is 5.75 Å². The maximum Gasteiger partial charge on any atom is 0.416 e. The van der Waals surface area contributed by atoms with Crippen LogP contribution in [0.25, 0.3) is 0 Å². The van der Waals surface area contributed by atoms with Crippen molar-refractivity contribution in [2.24, 2.45) is 5.92 Å². The van der Waals surface area contributed by atoms with Gasteiger partial charge in [-0.2, -0.15) is 17.5 Å². The van der Waals surface area contributed by atoms with Crippen molar-refractivity contribution in [1.82, 2.24) is 14.1 Å². The van der Waals surface area contributed by atoms with Crippen molar-refractivity contribution in [3.05, 3.63) is 63.6 Å². The molecule has 0 N–H and O–H groups in total. The first-order valence-corrected chi connectivity index (χ1v) is 14.6. The third-order valence-corrected chi connectivity index (χ3v) is 9.11. The lowest BCUT2D eigenvalue weighted by Crippen LogP contribution is -2.53. The molecule has 0 saturated carbocycles. The third-order valence-electron chi connectivity index (χ3n) is 7.07. The predicted octanol–water partition coefficient (Wildman–Crippen LogP) is 5.19. The first-order chi connectivity index (χ1) is 17.7. The zero-order valence-corrected chi connectivity index (χ0v) is 23.1. The van der Waals surface area contributed by atoms with Crippen LogP contribution >= 0.6 is 23.2 Å². The van der Waals surface area contributed by atoms with E-state index >= 15 is 0 Å². The molecule has 38 heavy (non-hydrogen) atoms. The fraction of sp³-hybridized carbons (Fsp3) is 0.480. The highest BCUT2D eigenvalue weighted by molar-refractivity contribution is 7.88. The minimum absolute atomic E-state index is 0.0851. The first-order valence-electron chi connectivity index (χ1n) is 12.0. The zero-order valence-electron chi connectivity index (χ0n) is 20.8. The Bertz CT molecular complexity index is 1290. The van der Waals surface area contributed by atoms with Gasteiger partial charge in [-0.15, -0.1) is 0 Å². The number of likely N-dealkylation sites (tertiary alicyclic amines) is 1. The van der Waals surface area contributed by atoms with Gasteiger partial charge in [-0.25, -0.2) is 13.2 Å². The summed E-state index contributed by atoms with van der Waals surface area (Å²) >= 11 is 12.4. The molecular formula is C25H28Cl2F3N3O4S. The van der Waals surface area contributed by atoms with Crippen molar-refractivity contribution in [2.75, 3.05) is 45.5 Å². The summed E-state index contributed by atoms with van der Waals surface area (Å²) < 4.78 is 70.6. The topological polar surface area (TPSA) is 70.2 Å². The minimum atomic E-state index is -4.50. The summed E-state index contributed by atoms with van der Waals surface area (Å²) in [5.41, 5.74) is 0.0285. The van der Waals surface area contributed by atoms with Gasteiger partial charge in [0.05, 0.1) is 21.9 Å². The molecule has 4 rings (SSSR count). The second kappa shape index (κ2) is 11.1. The third kappa shape index (κ3) is 6.50. The molecule has 2 aliphatic rings. The standard InChI is InChI=1S/C25H28Cl2F3N3O4S/c1-16(37-19-5-3-4-18(13-19)25(28,29)30)20-14-32(15-21(20)17-6-7-22(26)23(27)12-17)24(34)31-8-10-33(11-9-31)38(2,35)36/h3-7,12-13,16,20-21H,8-11,14-15H2,1-2H3/t16-,20-,21-/m0/s1. The first kappa shape index (κ1) is 28.8. The van der Waals surface area contributed by atoms with Gasteiger partial charge in [-0.1, -0.05) is 35.3 Å². The Morgan fingerprint density at radius 2 is 1.68 bits per heavy atom. The summed E-state index contributed by atoms with van der Waals surface area (Å²) in [5.74, 6) is -0.392. The van der Waals surface area contributed by atoms with Crippen molar-refractivity contribution in [3.63, 3.8) is 0 Å². The Morgan fingerprint density at radius 1 is 1.00 bits per heavy atom. The van der Waals surface area contributed by atoms with E-state index in [0.717, 1.165) is 24.0 Å². The highest BCUT2D eigenvalue weighted by atomic mass is 35.5. The number of nitrogens with zero attached hydrogens (tertiary/aromatic N) is 3. The molecule has 0 unspecified atom stereocenters. The van der Waals surface area contributed by atoms with Crippen LogP contribution in [-0.2, 0) is 16.2 Å². The van der Waals surface area contributed by atoms with Gasteiger partial charge < -0.3 is 14.5 Å². The van der Waals surface area contributed by atoms with Gasteiger partial charge >= 0.3 is 12.2 Å². The average Bonchev–Trinajstić information content (AvgIpc) is 3.30. The van der Waals surface area contributed by atoms with E-state index in [-0.39, 0.29) is 49.8 Å². The van der Waals surface area contributed by atoms with Gasteiger partial charge in [0.1, 0.15) is 11.9 Å². The van der Waals surface area contributed by atoms with E-state index in [1.807, 2.05) is 6.07 Å². The number of hydrogen-bond acceptors (Lipinski definition) is 4. The summed E-state index contributed by atoms with van der Waals surface area (Å²) in [6.45, 7) is 3.37. The Kier molecular flexibility index (Phi) is 8.42. The van der Waals surface area contributed by atoms with E-state index in [2.05, 4.69) is 0 Å². The van der Waals surface area contributed by atoms with E-state index in [0.29, 0.717) is 23.1 Å². The highest BCUT2D eigenvalue weighted by Crippen LogP contribution is 2.39. The van der Waals surface area contributed by atoms with Gasteiger partial charge in [-0.05, 0) is 42.8 Å². The number of hydrogen-bond donors (Lipinski definition) is 0. The molecule has 13 heteroatoms. The number of carbonyl (C=O) groups excluding carboxylic acids is 1. The van der Waals surface area contributed by atoms with Crippen LogP contribution in [0.15, 0.2) is 42.5 Å². The highest BCUT2D eigenvalue weighted by Gasteiger charge is 2.42. The number of alkyl halides is 3. The molecule has 2 aliphatic heterocycles. The lowest BCUT2D eigenvalue weighted by molar-refractivity contribution is -0.137. The number of rotatable bonds is 5. The molecule has 2 saturated heterocycles. The molecule has 2 aromatic carbocycles. The van der Waals surface area contributed by atoms with E-state index in [1.165, 1.54) is 16.4 Å². The minimum Gasteiger partial charge on any atom is -0.490 e. The second-order valence-electron chi connectivity index (χ2n) is 9.63. The lowest BCUT2D eigenvalue weighted by atomic mass is 9.85. The maximum atomic E-state index is 13.4. The summed E-state index contributed by atoms with van der Waals surface area (Å²) in [5, 5.41) is 0.742. The van der Waals surface area contributed by atoms with Crippen LogP contribution in [-0.4, -0.2) is 80.2 Å². The van der Waals surface area contributed by atoms with Crippen LogP contribution in [0.4, 0.5) is 18.0 Å². The Balaban J connectivity index is 1.54. The zero-order chi connectivity index (χ0) is 27.8. The van der Waals surface area contributed by atoms with Crippen LogP contribution in [0.2, 0.25) is 10.0 Å².